The van der Waals surface area contributed by atoms with Gasteiger partial charge in [-0.25, -0.2) is 9.97 Å². The Morgan fingerprint density at radius 3 is 2.45 bits per heavy atom. The Labute approximate surface area is 263 Å². The molecule has 0 radical (unpaired) electrons. The monoisotopic (exact) mass is 776 g/mol. The van der Waals surface area contributed by atoms with Crippen LogP contribution in [0.2, 0.25) is 0 Å². The Hall–Kier alpha value is -2.49. The first-order valence-corrected chi connectivity index (χ1v) is 13.6. The Morgan fingerprint density at radius 1 is 1.26 bits per heavy atom. The summed E-state index contributed by atoms with van der Waals surface area (Å²) in [5, 5.41) is 12.8. The topological polar surface area (TPSA) is 108 Å². The van der Waals surface area contributed by atoms with E-state index in [1.807, 2.05) is 0 Å². The van der Waals surface area contributed by atoms with Gasteiger partial charge in [0.15, 0.2) is 6.04 Å². The number of benzene rings is 1. The number of ether oxygens (including phenoxy) is 1. The normalized spacial score (nSPS) is 15.7. The zero-order valence-electron chi connectivity index (χ0n) is 23.1. The number of carbonyl (C=O) groups is 2. The van der Waals surface area contributed by atoms with Gasteiger partial charge in [-0.2, -0.15) is 13.2 Å². The summed E-state index contributed by atoms with van der Waals surface area (Å²) in [7, 11) is 2.47. The summed E-state index contributed by atoms with van der Waals surface area (Å²) in [5.74, 6) is -1.82. The molecule has 2 N–H and O–H groups in total. The van der Waals surface area contributed by atoms with Gasteiger partial charge >= 0.3 is 6.18 Å². The summed E-state index contributed by atoms with van der Waals surface area (Å²) in [6.07, 6.45) is -3.89. The third kappa shape index (κ3) is 7.34. The van der Waals surface area contributed by atoms with E-state index in [4.69, 9.17) is 9.84 Å². The number of amides is 2. The minimum absolute atomic E-state index is 0. The zero-order valence-corrected chi connectivity index (χ0v) is 27.5. The van der Waals surface area contributed by atoms with Gasteiger partial charge < -0.3 is 29.4 Å². The number of hydrogen-bond acceptors (Lipinski definition) is 8. The van der Waals surface area contributed by atoms with Gasteiger partial charge in [-0.1, -0.05) is 23.5 Å². The quantitative estimate of drug-likeness (QED) is 0.182. The largest absolute Gasteiger partial charge is 0.457 e. The number of nitrogens with one attached hydrogen (secondary N) is 1. The van der Waals surface area contributed by atoms with Crippen molar-refractivity contribution in [3.63, 3.8) is 0 Å². The number of thiazole rings is 1. The molecule has 2 aromatic heterocycles. The molecule has 2 amide bonds. The number of methoxy groups -OCH3 is 1. The summed E-state index contributed by atoms with van der Waals surface area (Å²) in [5.41, 5.74) is 1.51. The number of nitrogens with zero attached hydrogens (tertiary/aromatic N) is 4. The number of aliphatic hydroxyl groups excluding tert-OH is 1. The van der Waals surface area contributed by atoms with Crippen molar-refractivity contribution in [2.45, 2.75) is 38.1 Å². The fraction of sp³-hybridized carbons (Fsp3) is 0.444. The summed E-state index contributed by atoms with van der Waals surface area (Å²) in [6.45, 7) is 1.90. The van der Waals surface area contributed by atoms with E-state index in [1.54, 1.807) is 6.92 Å². The maximum Gasteiger partial charge on any atom is 0.413 e. The standard InChI is InChI=1S/C27H30F4N5O4S.Hf/c1-15-33-23-22(20(12-28)40-3)19(13-32-25(23)41-15)34-18-6-4-16(5-7-18)24(27(29,30)31)35(2)26(39)17-8-10-36(11-9-17)21(38)14-37;/h4-7,12-13,17,20,24,34,37H,8-11,14H2,1-3H3;/q-1;/t20-,24+;/m1./s1. The van der Waals surface area contributed by atoms with Crippen molar-refractivity contribution >= 4 is 44.9 Å². The van der Waals surface area contributed by atoms with Crippen molar-refractivity contribution in [2.75, 3.05) is 39.2 Å². The van der Waals surface area contributed by atoms with Gasteiger partial charge in [0.25, 0.3) is 0 Å². The Bertz CT molecular complexity index is 1380. The van der Waals surface area contributed by atoms with Crippen molar-refractivity contribution in [3.8, 4) is 0 Å². The number of fused-ring (bicyclic) bond motifs is 1. The number of aryl methyl sites for hydroxylation is 1. The molecule has 0 bridgehead atoms. The van der Waals surface area contributed by atoms with E-state index >= 15 is 0 Å². The van der Waals surface area contributed by atoms with Crippen LogP contribution in [0.1, 0.15) is 41.1 Å². The van der Waals surface area contributed by atoms with Crippen LogP contribution < -0.4 is 5.32 Å². The second-order valence-corrected chi connectivity index (χ2v) is 10.9. The van der Waals surface area contributed by atoms with Crippen LogP contribution in [0.25, 0.3) is 10.3 Å². The van der Waals surface area contributed by atoms with Gasteiger partial charge in [-0.15, -0.1) is 6.67 Å². The van der Waals surface area contributed by atoms with Crippen molar-refractivity contribution < 1.29 is 62.8 Å². The van der Waals surface area contributed by atoms with E-state index in [0.29, 0.717) is 38.9 Å². The average Bonchev–Trinajstić information content (AvgIpc) is 3.34. The summed E-state index contributed by atoms with van der Waals surface area (Å²) in [4.78, 5) is 36.3. The Balaban J connectivity index is 0.00000484. The number of pyridine rings is 1. The molecule has 42 heavy (non-hydrogen) atoms. The van der Waals surface area contributed by atoms with E-state index in [9.17, 15) is 27.2 Å². The minimum Gasteiger partial charge on any atom is -0.457 e. The summed E-state index contributed by atoms with van der Waals surface area (Å²) >= 11 is 1.34. The minimum atomic E-state index is -4.75. The van der Waals surface area contributed by atoms with Crippen LogP contribution in [-0.4, -0.2) is 76.7 Å². The summed E-state index contributed by atoms with van der Waals surface area (Å²) < 4.78 is 61.7. The molecular formula is C27H30F4HfN5O4S-. The predicted molar refractivity (Wildman–Crippen MR) is 145 cm³/mol. The number of piperidine rings is 1. The number of aromatic nitrogens is 2. The molecule has 226 valence electrons. The van der Waals surface area contributed by atoms with Crippen LogP contribution in [-0.2, 0) is 40.2 Å². The summed E-state index contributed by atoms with van der Waals surface area (Å²) in [6, 6.07) is 3.24. The molecule has 1 aliphatic rings. The molecule has 2 atom stereocenters. The Kier molecular flexibility index (Phi) is 11.6. The molecule has 1 aromatic carbocycles. The third-order valence-electron chi connectivity index (χ3n) is 7.11. The van der Waals surface area contributed by atoms with Gasteiger partial charge in [0.05, 0.1) is 16.9 Å². The molecule has 4 rings (SSSR count). The number of hydrogen-bond donors (Lipinski definition) is 2. The van der Waals surface area contributed by atoms with Crippen molar-refractivity contribution in [3.05, 3.63) is 53.3 Å². The molecule has 9 nitrogen and oxygen atoms in total. The van der Waals surface area contributed by atoms with Crippen LogP contribution in [0.3, 0.4) is 0 Å². The molecule has 0 spiro atoms. The number of aliphatic hydroxyl groups is 1. The van der Waals surface area contributed by atoms with Crippen LogP contribution in [0.5, 0.6) is 0 Å². The number of carbonyl (C=O) groups excluding carboxylic acids is 2. The Morgan fingerprint density at radius 2 is 1.90 bits per heavy atom. The number of rotatable bonds is 9. The molecule has 0 aliphatic carbocycles. The van der Waals surface area contributed by atoms with E-state index in [-0.39, 0.29) is 57.3 Å². The van der Waals surface area contributed by atoms with Gasteiger partial charge in [0.2, 0.25) is 11.8 Å². The van der Waals surface area contributed by atoms with Crippen molar-refractivity contribution in [1.29, 1.82) is 0 Å². The number of likely N-dealkylation sites (tertiary alicyclic amines) is 1. The van der Waals surface area contributed by atoms with Gasteiger partial charge in [0.1, 0.15) is 17.0 Å². The molecular weight excluding hydrogens is 745 g/mol. The van der Waals surface area contributed by atoms with Crippen molar-refractivity contribution in [1.82, 2.24) is 19.8 Å². The molecule has 15 heteroatoms. The fourth-order valence-corrected chi connectivity index (χ4v) is 5.82. The number of anilines is 2. The van der Waals surface area contributed by atoms with Crippen LogP contribution in [0.15, 0.2) is 30.5 Å². The van der Waals surface area contributed by atoms with Gasteiger partial charge in [-0.3, -0.25) is 9.59 Å². The molecule has 0 saturated carbocycles. The first-order valence-electron chi connectivity index (χ1n) is 12.8. The molecule has 0 unspecified atom stereocenters. The first-order chi connectivity index (χ1) is 19.5. The fourth-order valence-electron chi connectivity index (χ4n) is 5.05. The molecule has 1 fully saturated rings. The number of halogens is 4. The average molecular weight is 775 g/mol. The second kappa shape index (κ2) is 14.3. The van der Waals surface area contributed by atoms with E-state index in [2.05, 4.69) is 15.3 Å². The van der Waals surface area contributed by atoms with Gasteiger partial charge in [0, 0.05) is 70.3 Å². The maximum atomic E-state index is 14.3. The van der Waals surface area contributed by atoms with E-state index in [0.717, 1.165) is 12.1 Å². The third-order valence-corrected chi connectivity index (χ3v) is 7.99. The number of alkyl halides is 3. The van der Waals surface area contributed by atoms with E-state index in [1.165, 1.54) is 53.8 Å². The van der Waals surface area contributed by atoms with Crippen LogP contribution in [0, 0.1) is 19.5 Å². The zero-order chi connectivity index (χ0) is 29.9. The smallest absolute Gasteiger partial charge is 0.413 e. The van der Waals surface area contributed by atoms with Crippen molar-refractivity contribution in [2.24, 2.45) is 5.92 Å². The van der Waals surface area contributed by atoms with Crippen LogP contribution in [0.4, 0.5) is 28.9 Å². The SMILES string of the molecule is CO[C@H]([CH-]F)c1c(Nc2ccc([C@H](N(C)C(=O)C3CCN(C(=O)CO)CC3)C(F)(F)F)cc2)cnc2sc(C)nc12.[Hf]. The molecule has 1 saturated heterocycles. The predicted octanol–water partition coefficient (Wildman–Crippen LogP) is 4.85. The molecule has 1 aliphatic heterocycles. The van der Waals surface area contributed by atoms with Crippen LogP contribution >= 0.6 is 11.3 Å². The molecule has 3 heterocycles. The van der Waals surface area contributed by atoms with Gasteiger partial charge in [-0.05, 0) is 43.6 Å². The second-order valence-electron chi connectivity index (χ2n) is 9.71. The first kappa shape index (κ1) is 34.0. The molecule has 3 aromatic rings. The maximum absolute atomic E-state index is 14.3. The van der Waals surface area contributed by atoms with E-state index < -0.39 is 42.7 Å².